The van der Waals surface area contributed by atoms with Gasteiger partial charge in [0, 0.05) is 9.84 Å². The van der Waals surface area contributed by atoms with E-state index in [9.17, 15) is 22.0 Å². The van der Waals surface area contributed by atoms with Crippen LogP contribution >= 0.6 is 22.6 Å². The maximum absolute atomic E-state index is 12.7. The number of hydrogen-bond acceptors (Lipinski definition) is 0. The van der Waals surface area contributed by atoms with E-state index in [0.717, 1.165) is 0 Å². The summed E-state index contributed by atoms with van der Waals surface area (Å²) < 4.78 is 60.0. The molecule has 6 heteroatoms. The minimum atomic E-state index is -5.44. The second kappa shape index (κ2) is 4.49. The molecule has 0 bridgehead atoms. The first kappa shape index (κ1) is 14.4. The molecule has 0 unspecified atom stereocenters. The Kier molecular flexibility index (Phi) is 4.61. The summed E-state index contributed by atoms with van der Waals surface area (Å²) in [6, 6.07) is 0. The van der Waals surface area contributed by atoms with E-state index in [1.807, 2.05) is 0 Å². The standard InChI is InChI=1S/C8H12F5I/c1-3-6(14,4-2)5-7(9,10)8(11,12)13/h3-5H2,1-2H3. The van der Waals surface area contributed by atoms with Crippen LogP contribution in [0.3, 0.4) is 0 Å². The van der Waals surface area contributed by atoms with E-state index < -0.39 is 21.9 Å². The Morgan fingerprint density at radius 3 is 1.50 bits per heavy atom. The van der Waals surface area contributed by atoms with Gasteiger partial charge >= 0.3 is 12.1 Å². The van der Waals surface area contributed by atoms with Crippen LogP contribution in [-0.4, -0.2) is 15.5 Å². The van der Waals surface area contributed by atoms with Crippen LogP contribution in [0.4, 0.5) is 22.0 Å². The molecule has 0 spiro atoms. The van der Waals surface area contributed by atoms with Gasteiger partial charge in [-0.15, -0.1) is 0 Å². The van der Waals surface area contributed by atoms with E-state index in [4.69, 9.17) is 0 Å². The average Bonchev–Trinajstić information content (AvgIpc) is 2.01. The molecule has 0 saturated heterocycles. The van der Waals surface area contributed by atoms with Crippen LogP contribution in [0.5, 0.6) is 0 Å². The number of halogens is 6. The van der Waals surface area contributed by atoms with Crippen molar-refractivity contribution in [2.75, 3.05) is 0 Å². The Balaban J connectivity index is 4.65. The lowest BCUT2D eigenvalue weighted by molar-refractivity contribution is -0.286. The third-order valence-electron chi connectivity index (χ3n) is 2.22. The lowest BCUT2D eigenvalue weighted by atomic mass is 9.95. The Morgan fingerprint density at radius 2 is 1.29 bits per heavy atom. The largest absolute Gasteiger partial charge is 0.453 e. The van der Waals surface area contributed by atoms with Gasteiger partial charge in [-0.1, -0.05) is 36.4 Å². The Morgan fingerprint density at radius 1 is 0.929 bits per heavy atom. The van der Waals surface area contributed by atoms with Gasteiger partial charge in [-0.2, -0.15) is 22.0 Å². The fraction of sp³-hybridized carbons (Fsp3) is 1.00. The highest BCUT2D eigenvalue weighted by atomic mass is 127. The second-order valence-electron chi connectivity index (χ2n) is 3.24. The Hall–Kier alpha value is 0.380. The van der Waals surface area contributed by atoms with Gasteiger partial charge < -0.3 is 0 Å². The molecule has 0 aliphatic heterocycles. The van der Waals surface area contributed by atoms with E-state index in [0.29, 0.717) is 12.8 Å². The molecule has 0 aromatic rings. The molecule has 0 aliphatic carbocycles. The van der Waals surface area contributed by atoms with Crippen LogP contribution in [0, 0.1) is 0 Å². The zero-order chi connectivity index (χ0) is 11.6. The minimum Gasteiger partial charge on any atom is -0.196 e. The maximum Gasteiger partial charge on any atom is 0.453 e. The monoisotopic (exact) mass is 330 g/mol. The van der Waals surface area contributed by atoms with Gasteiger partial charge in [0.1, 0.15) is 0 Å². The molecular weight excluding hydrogens is 318 g/mol. The van der Waals surface area contributed by atoms with Crippen molar-refractivity contribution in [3.8, 4) is 0 Å². The summed E-state index contributed by atoms with van der Waals surface area (Å²) in [5, 5.41) is 0. The van der Waals surface area contributed by atoms with Crippen molar-refractivity contribution >= 4 is 22.6 Å². The molecule has 0 aromatic heterocycles. The molecule has 0 nitrogen and oxygen atoms in total. The van der Waals surface area contributed by atoms with Crippen molar-refractivity contribution in [2.45, 2.75) is 48.6 Å². The van der Waals surface area contributed by atoms with Crippen molar-refractivity contribution < 1.29 is 22.0 Å². The second-order valence-corrected chi connectivity index (χ2v) is 5.53. The fourth-order valence-corrected chi connectivity index (χ4v) is 1.48. The quantitative estimate of drug-likeness (QED) is 0.402. The molecule has 0 N–H and O–H groups in total. The average molecular weight is 330 g/mol. The molecule has 0 fully saturated rings. The molecule has 0 rings (SSSR count). The number of alkyl halides is 6. The van der Waals surface area contributed by atoms with Crippen LogP contribution < -0.4 is 0 Å². The first-order valence-electron chi connectivity index (χ1n) is 4.21. The van der Waals surface area contributed by atoms with Gasteiger partial charge in [-0.25, -0.2) is 0 Å². The molecule has 86 valence electrons. The number of hydrogen-bond donors (Lipinski definition) is 0. The summed E-state index contributed by atoms with van der Waals surface area (Å²) in [6.45, 7) is 3.23. The molecule has 0 amide bonds. The zero-order valence-corrected chi connectivity index (χ0v) is 10.0. The lowest BCUT2D eigenvalue weighted by Crippen LogP contribution is -2.42. The van der Waals surface area contributed by atoms with E-state index in [-0.39, 0.29) is 0 Å². The summed E-state index contributed by atoms with van der Waals surface area (Å²) in [4.78, 5) is 0. The lowest BCUT2D eigenvalue weighted by Gasteiger charge is -2.30. The normalized spacial score (nSPS) is 14.6. The third-order valence-corrected chi connectivity index (χ3v) is 4.13. The van der Waals surface area contributed by atoms with E-state index in [1.54, 1.807) is 36.4 Å². The smallest absolute Gasteiger partial charge is 0.196 e. The number of rotatable bonds is 4. The summed E-state index contributed by atoms with van der Waals surface area (Å²) in [7, 11) is 0. The Labute approximate surface area is 93.4 Å². The van der Waals surface area contributed by atoms with Gasteiger partial charge in [0.15, 0.2) is 0 Å². The highest BCUT2D eigenvalue weighted by Crippen LogP contribution is 2.45. The SMILES string of the molecule is CCC(I)(CC)CC(F)(F)C(F)(F)F. The molecule has 0 atom stereocenters. The van der Waals surface area contributed by atoms with Crippen LogP contribution in [0.2, 0.25) is 0 Å². The summed E-state index contributed by atoms with van der Waals surface area (Å²) in [5.41, 5.74) is 0. The summed E-state index contributed by atoms with van der Waals surface area (Å²) >= 11 is 1.69. The van der Waals surface area contributed by atoms with Crippen molar-refractivity contribution in [3.63, 3.8) is 0 Å². The van der Waals surface area contributed by atoms with Crippen molar-refractivity contribution in [2.24, 2.45) is 0 Å². The predicted octanol–water partition coefficient (Wildman–Crippen LogP) is 4.57. The first-order chi connectivity index (χ1) is 6.08. The van der Waals surface area contributed by atoms with Crippen molar-refractivity contribution in [3.05, 3.63) is 0 Å². The van der Waals surface area contributed by atoms with Gasteiger partial charge in [0.25, 0.3) is 0 Å². The molecule has 0 heterocycles. The third kappa shape index (κ3) is 3.51. The first-order valence-corrected chi connectivity index (χ1v) is 5.29. The molecular formula is C8H12F5I. The molecule has 0 aliphatic rings. The highest BCUT2D eigenvalue weighted by Gasteiger charge is 2.59. The zero-order valence-electron chi connectivity index (χ0n) is 7.89. The van der Waals surface area contributed by atoms with Gasteiger partial charge in [-0.05, 0) is 12.8 Å². The van der Waals surface area contributed by atoms with Crippen LogP contribution in [0.15, 0.2) is 0 Å². The van der Waals surface area contributed by atoms with Crippen LogP contribution in [-0.2, 0) is 0 Å². The topological polar surface area (TPSA) is 0 Å². The van der Waals surface area contributed by atoms with E-state index >= 15 is 0 Å². The van der Waals surface area contributed by atoms with Crippen LogP contribution in [0.25, 0.3) is 0 Å². The summed E-state index contributed by atoms with van der Waals surface area (Å²) in [5.74, 6) is -4.58. The highest BCUT2D eigenvalue weighted by molar-refractivity contribution is 14.1. The molecule has 14 heavy (non-hydrogen) atoms. The molecule has 0 radical (unpaired) electrons. The molecule has 0 aromatic carbocycles. The summed E-state index contributed by atoms with van der Waals surface area (Å²) in [6.07, 6.45) is -5.98. The van der Waals surface area contributed by atoms with E-state index in [1.165, 1.54) is 0 Å². The van der Waals surface area contributed by atoms with Gasteiger partial charge in [-0.3, -0.25) is 0 Å². The van der Waals surface area contributed by atoms with Crippen LogP contribution in [0.1, 0.15) is 33.1 Å². The van der Waals surface area contributed by atoms with Crippen molar-refractivity contribution in [1.82, 2.24) is 0 Å². The van der Waals surface area contributed by atoms with Crippen molar-refractivity contribution in [1.29, 1.82) is 0 Å². The van der Waals surface area contributed by atoms with Gasteiger partial charge in [0.2, 0.25) is 0 Å². The maximum atomic E-state index is 12.7. The predicted molar refractivity (Wildman–Crippen MR) is 53.0 cm³/mol. The fourth-order valence-electron chi connectivity index (χ4n) is 0.998. The van der Waals surface area contributed by atoms with E-state index in [2.05, 4.69) is 0 Å². The minimum absolute atomic E-state index is 0.301. The van der Waals surface area contributed by atoms with Gasteiger partial charge in [0.05, 0.1) is 0 Å². The Bertz CT molecular complexity index is 183. The molecule has 0 saturated carbocycles.